The Kier molecular flexibility index (Phi) is 11.0. The number of aryl methyl sites for hydroxylation is 4. The third kappa shape index (κ3) is 7.28. The Bertz CT molecular complexity index is 2680. The average molecular weight is 741 g/mol. The number of nitrogens with zero attached hydrogens (tertiary/aromatic N) is 2. The van der Waals surface area contributed by atoms with Gasteiger partial charge in [0, 0.05) is 32.9 Å². The molecule has 0 atom stereocenters. The molecular formula is C55H52N2. The molecule has 0 amide bonds. The van der Waals surface area contributed by atoms with Gasteiger partial charge in [-0.3, -0.25) is 0 Å². The van der Waals surface area contributed by atoms with E-state index in [1.165, 1.54) is 99.5 Å². The Morgan fingerprint density at radius 1 is 0.316 bits per heavy atom. The van der Waals surface area contributed by atoms with Crippen LogP contribution < -0.4 is 0 Å². The Balaban J connectivity index is 0.000000170. The minimum Gasteiger partial charge on any atom is -0.309 e. The van der Waals surface area contributed by atoms with E-state index in [1.807, 2.05) is 0 Å². The average Bonchev–Trinajstić information content (AvgIpc) is 3.86. The highest BCUT2D eigenvalue weighted by Gasteiger charge is 2.17. The maximum Gasteiger partial charge on any atom is 0.0541 e. The minimum absolute atomic E-state index is 0. The van der Waals surface area contributed by atoms with Crippen molar-refractivity contribution in [1.29, 1.82) is 0 Å². The van der Waals surface area contributed by atoms with Crippen molar-refractivity contribution in [3.63, 3.8) is 0 Å². The molecule has 0 aliphatic heterocycles. The largest absolute Gasteiger partial charge is 0.309 e. The SMILES string of the molecule is C.C.Cc1cc(-n2c3ccccc3c3ccccc32)cc(-n2c3ccccc3c3ccccc32)c1.Cc1cc(C)cc(C)c1.c1ccc2c(c1)Cc1ccccc1-2. The maximum absolute atomic E-state index is 2.40. The van der Waals surface area contributed by atoms with Gasteiger partial charge in [0.05, 0.1) is 22.1 Å². The van der Waals surface area contributed by atoms with Crippen molar-refractivity contribution in [3.05, 3.63) is 215 Å². The number of rotatable bonds is 2. The summed E-state index contributed by atoms with van der Waals surface area (Å²) in [7, 11) is 0. The molecule has 0 saturated heterocycles. The second-order valence-corrected chi connectivity index (χ2v) is 14.9. The molecule has 2 heteroatoms. The van der Waals surface area contributed by atoms with Gasteiger partial charge < -0.3 is 9.13 Å². The van der Waals surface area contributed by atoms with E-state index in [1.54, 1.807) is 0 Å². The van der Waals surface area contributed by atoms with Crippen LogP contribution in [0.5, 0.6) is 0 Å². The lowest BCUT2D eigenvalue weighted by Gasteiger charge is -2.14. The summed E-state index contributed by atoms with van der Waals surface area (Å²) >= 11 is 0. The zero-order valence-electron chi connectivity index (χ0n) is 31.9. The summed E-state index contributed by atoms with van der Waals surface area (Å²) < 4.78 is 4.80. The van der Waals surface area contributed by atoms with Crippen LogP contribution >= 0.6 is 0 Å². The molecule has 57 heavy (non-hydrogen) atoms. The maximum atomic E-state index is 2.40. The molecule has 2 aromatic heterocycles. The topological polar surface area (TPSA) is 9.86 Å². The van der Waals surface area contributed by atoms with E-state index < -0.39 is 0 Å². The molecule has 1 aliphatic rings. The second-order valence-electron chi connectivity index (χ2n) is 14.9. The van der Waals surface area contributed by atoms with Gasteiger partial charge in [0.1, 0.15) is 0 Å². The zero-order valence-corrected chi connectivity index (χ0v) is 31.9. The lowest BCUT2D eigenvalue weighted by Crippen LogP contribution is -1.99. The molecule has 0 bridgehead atoms. The van der Waals surface area contributed by atoms with Crippen LogP contribution in [0.25, 0.3) is 66.1 Å². The quantitative estimate of drug-likeness (QED) is 0.167. The van der Waals surface area contributed by atoms with Crippen LogP contribution in [0.15, 0.2) is 182 Å². The summed E-state index contributed by atoms with van der Waals surface area (Å²) in [6, 6.07) is 65.5. The lowest BCUT2D eigenvalue weighted by molar-refractivity contribution is 1.12. The number of hydrogen-bond donors (Lipinski definition) is 0. The second kappa shape index (κ2) is 16.2. The molecule has 0 spiro atoms. The highest BCUT2D eigenvalue weighted by atomic mass is 15.0. The van der Waals surface area contributed by atoms with E-state index in [-0.39, 0.29) is 14.9 Å². The highest BCUT2D eigenvalue weighted by molar-refractivity contribution is 6.10. The summed E-state index contributed by atoms with van der Waals surface area (Å²) in [6.07, 6.45) is 1.10. The van der Waals surface area contributed by atoms with Gasteiger partial charge in [-0.15, -0.1) is 0 Å². The van der Waals surface area contributed by atoms with E-state index in [2.05, 4.69) is 219 Å². The predicted molar refractivity (Wildman–Crippen MR) is 249 cm³/mol. The Labute approximate surface area is 338 Å². The molecule has 11 rings (SSSR count). The molecule has 0 fully saturated rings. The normalized spacial score (nSPS) is 11.2. The van der Waals surface area contributed by atoms with Crippen LogP contribution in [-0.2, 0) is 6.42 Å². The summed E-state index contributed by atoms with van der Waals surface area (Å²) in [5.74, 6) is 0. The number of benzene rings is 8. The number of aromatic nitrogens is 2. The van der Waals surface area contributed by atoms with Gasteiger partial charge in [-0.1, -0.05) is 171 Å². The first-order valence-electron chi connectivity index (χ1n) is 19.2. The molecule has 2 heterocycles. The van der Waals surface area contributed by atoms with Gasteiger partial charge in [0.25, 0.3) is 0 Å². The molecule has 2 nitrogen and oxygen atoms in total. The van der Waals surface area contributed by atoms with Crippen molar-refractivity contribution in [2.24, 2.45) is 0 Å². The lowest BCUT2D eigenvalue weighted by atomic mass is 10.1. The molecule has 8 aromatic carbocycles. The van der Waals surface area contributed by atoms with Crippen molar-refractivity contribution in [2.45, 2.75) is 49.0 Å². The Morgan fingerprint density at radius 3 is 0.947 bits per heavy atom. The summed E-state index contributed by atoms with van der Waals surface area (Å²) in [5, 5.41) is 5.14. The third-order valence-electron chi connectivity index (χ3n) is 10.8. The zero-order chi connectivity index (χ0) is 37.5. The first-order valence-corrected chi connectivity index (χ1v) is 19.2. The standard InChI is InChI=1S/C31H22N2.C13H10.C9H12.2CH4/c1-21-18-22(32-28-14-6-2-10-24(28)25-11-3-7-15-29(25)32)20-23(19-21)33-30-16-8-4-12-26(30)27-13-5-9-17-31(27)33;1-3-7-12-10(5-1)9-11-6-2-4-8-13(11)12;1-7-4-8(2)6-9(3)5-7;;/h2-20H,1H3;1-8H,9H2;4-6H,1-3H3;2*1H4. The molecule has 282 valence electrons. The van der Waals surface area contributed by atoms with Crippen molar-refractivity contribution in [2.75, 3.05) is 0 Å². The van der Waals surface area contributed by atoms with E-state index in [9.17, 15) is 0 Å². The summed E-state index contributed by atoms with van der Waals surface area (Å²) in [5.41, 5.74) is 18.4. The number of fused-ring (bicyclic) bond motifs is 9. The predicted octanol–water partition coefficient (Wildman–Crippen LogP) is 15.3. The number of hydrogen-bond acceptors (Lipinski definition) is 0. The van der Waals surface area contributed by atoms with E-state index in [0.29, 0.717) is 0 Å². The Hall–Kier alpha value is -6.64. The van der Waals surface area contributed by atoms with Crippen LogP contribution in [0, 0.1) is 27.7 Å². The summed E-state index contributed by atoms with van der Waals surface area (Å²) in [4.78, 5) is 0. The third-order valence-corrected chi connectivity index (χ3v) is 10.8. The Morgan fingerprint density at radius 2 is 0.596 bits per heavy atom. The van der Waals surface area contributed by atoms with Crippen molar-refractivity contribution < 1.29 is 0 Å². The van der Waals surface area contributed by atoms with Gasteiger partial charge in [-0.25, -0.2) is 0 Å². The van der Waals surface area contributed by atoms with Gasteiger partial charge >= 0.3 is 0 Å². The van der Waals surface area contributed by atoms with Crippen molar-refractivity contribution in [1.82, 2.24) is 9.13 Å². The van der Waals surface area contributed by atoms with Crippen LogP contribution in [0.4, 0.5) is 0 Å². The van der Waals surface area contributed by atoms with Crippen LogP contribution in [0.2, 0.25) is 0 Å². The molecule has 1 aliphatic carbocycles. The first kappa shape index (κ1) is 38.6. The number of para-hydroxylation sites is 4. The molecule has 0 radical (unpaired) electrons. The van der Waals surface area contributed by atoms with Crippen molar-refractivity contribution >= 4 is 43.6 Å². The fraction of sp³-hybridized carbons (Fsp3) is 0.127. The van der Waals surface area contributed by atoms with Crippen molar-refractivity contribution in [3.8, 4) is 22.5 Å². The van der Waals surface area contributed by atoms with Gasteiger partial charge in [0.2, 0.25) is 0 Å². The van der Waals surface area contributed by atoms with Gasteiger partial charge in [-0.05, 0) is 104 Å². The van der Waals surface area contributed by atoms with Crippen LogP contribution in [0.1, 0.15) is 48.2 Å². The fourth-order valence-electron chi connectivity index (χ4n) is 8.68. The van der Waals surface area contributed by atoms with Crippen LogP contribution in [0.3, 0.4) is 0 Å². The van der Waals surface area contributed by atoms with Gasteiger partial charge in [0.15, 0.2) is 0 Å². The molecule has 0 unspecified atom stereocenters. The monoisotopic (exact) mass is 740 g/mol. The first-order chi connectivity index (χ1) is 26.9. The van der Waals surface area contributed by atoms with E-state index >= 15 is 0 Å². The molecule has 0 saturated carbocycles. The molecule has 0 N–H and O–H groups in total. The van der Waals surface area contributed by atoms with Gasteiger partial charge in [-0.2, -0.15) is 0 Å². The molecule has 10 aromatic rings. The minimum atomic E-state index is 0. The van der Waals surface area contributed by atoms with E-state index in [4.69, 9.17) is 0 Å². The fourth-order valence-corrected chi connectivity index (χ4v) is 8.68. The van der Waals surface area contributed by atoms with E-state index in [0.717, 1.165) is 6.42 Å². The van der Waals surface area contributed by atoms with Crippen LogP contribution in [-0.4, -0.2) is 9.13 Å². The summed E-state index contributed by atoms with van der Waals surface area (Å²) in [6.45, 7) is 8.56. The smallest absolute Gasteiger partial charge is 0.0541 e. The molecular weight excluding hydrogens is 689 g/mol. The highest BCUT2D eigenvalue weighted by Crippen LogP contribution is 2.37.